The summed E-state index contributed by atoms with van der Waals surface area (Å²) in [7, 11) is 0. The van der Waals surface area contributed by atoms with Gasteiger partial charge in [0.25, 0.3) is 0 Å². The summed E-state index contributed by atoms with van der Waals surface area (Å²) in [5.74, 6) is 0. The van der Waals surface area contributed by atoms with Crippen molar-refractivity contribution >= 4 is 74.9 Å². The Bertz CT molecular complexity index is 3280. The minimum absolute atomic E-state index is 0.653. The first-order valence-corrected chi connectivity index (χ1v) is 19.4. The highest BCUT2D eigenvalue weighted by molar-refractivity contribution is 7.26. The molecule has 11 rings (SSSR count). The van der Waals surface area contributed by atoms with Crippen molar-refractivity contribution in [1.82, 2.24) is 4.57 Å². The van der Waals surface area contributed by atoms with Crippen molar-refractivity contribution in [3.8, 4) is 39.1 Å². The van der Waals surface area contributed by atoms with E-state index in [1.165, 1.54) is 54.2 Å². The predicted molar refractivity (Wildman–Crippen MR) is 230 cm³/mol. The molecule has 2 aromatic heterocycles. The first kappa shape index (κ1) is 32.7. The monoisotopic (exact) mass is 745 g/mol. The maximum atomic E-state index is 13.5. The maximum absolute atomic E-state index is 13.5. The Morgan fingerprint density at radius 3 is 1.52 bits per heavy atom. The van der Waals surface area contributed by atoms with Crippen molar-refractivity contribution in [2.24, 2.45) is 0 Å². The van der Waals surface area contributed by atoms with Crippen LogP contribution in [0, 0.1) is 0 Å². The Balaban J connectivity index is 1.05. The second kappa shape index (κ2) is 12.4. The van der Waals surface area contributed by atoms with Crippen LogP contribution in [0.4, 0.5) is 13.2 Å². The van der Waals surface area contributed by atoms with Crippen LogP contribution in [-0.2, 0) is 6.18 Å². The number of nitrogens with zero attached hydrogens (tertiary/aromatic N) is 1. The molecule has 266 valence electrons. The number of benzene rings is 9. The first-order chi connectivity index (χ1) is 27.4. The van der Waals surface area contributed by atoms with Gasteiger partial charge in [0, 0.05) is 36.6 Å². The molecule has 0 fully saturated rings. The predicted octanol–water partition coefficient (Wildman–Crippen LogP) is 15.5. The van der Waals surface area contributed by atoms with Gasteiger partial charge in [-0.25, -0.2) is 0 Å². The molecule has 0 atom stereocenters. The van der Waals surface area contributed by atoms with Gasteiger partial charge in [0.15, 0.2) is 0 Å². The SMILES string of the molecule is FC(F)(F)c1ccc(-c2c3ccccc3c(-c3ccc(-n4c5ccccc5c5cc(-c6cccc7c6sc6ccccc67)ccc54)cc3)c3ccccc23)cc1. The van der Waals surface area contributed by atoms with Crippen molar-refractivity contribution in [3.63, 3.8) is 0 Å². The molecule has 1 nitrogen and oxygen atoms in total. The van der Waals surface area contributed by atoms with Crippen LogP contribution in [0.1, 0.15) is 5.56 Å². The van der Waals surface area contributed by atoms with Gasteiger partial charge in [-0.1, -0.05) is 133 Å². The average molecular weight is 746 g/mol. The molecular weight excluding hydrogens is 716 g/mol. The van der Waals surface area contributed by atoms with Gasteiger partial charge in [0.05, 0.1) is 16.6 Å². The minimum Gasteiger partial charge on any atom is -0.309 e. The van der Waals surface area contributed by atoms with Gasteiger partial charge in [-0.05, 0) is 103 Å². The lowest BCUT2D eigenvalue weighted by molar-refractivity contribution is -0.137. The lowest BCUT2D eigenvalue weighted by Crippen LogP contribution is -2.04. The Labute approximate surface area is 324 Å². The third kappa shape index (κ3) is 5.01. The molecule has 2 heterocycles. The molecule has 0 saturated carbocycles. The second-order valence-corrected chi connectivity index (χ2v) is 15.4. The van der Waals surface area contributed by atoms with E-state index in [1.807, 2.05) is 35.6 Å². The summed E-state index contributed by atoms with van der Waals surface area (Å²) in [6, 6.07) is 61.4. The third-order valence-electron chi connectivity index (χ3n) is 11.2. The summed E-state index contributed by atoms with van der Waals surface area (Å²) in [5, 5.41) is 9.08. The summed E-state index contributed by atoms with van der Waals surface area (Å²) in [4.78, 5) is 0. The molecule has 0 spiro atoms. The highest BCUT2D eigenvalue weighted by atomic mass is 32.1. The number of rotatable bonds is 4. The highest BCUT2D eigenvalue weighted by Gasteiger charge is 2.30. The zero-order valence-electron chi connectivity index (χ0n) is 29.8. The molecule has 0 N–H and O–H groups in total. The topological polar surface area (TPSA) is 4.93 Å². The number of fused-ring (bicyclic) bond motifs is 8. The van der Waals surface area contributed by atoms with Crippen LogP contribution in [-0.4, -0.2) is 4.57 Å². The van der Waals surface area contributed by atoms with Gasteiger partial charge >= 0.3 is 6.18 Å². The smallest absolute Gasteiger partial charge is 0.309 e. The molecule has 0 saturated heterocycles. The molecule has 0 bridgehead atoms. The fraction of sp³-hybridized carbons (Fsp3) is 0.0196. The molecule has 0 aliphatic rings. The van der Waals surface area contributed by atoms with E-state index in [0.29, 0.717) is 0 Å². The minimum atomic E-state index is -4.39. The van der Waals surface area contributed by atoms with Gasteiger partial charge < -0.3 is 4.57 Å². The van der Waals surface area contributed by atoms with E-state index in [4.69, 9.17) is 0 Å². The van der Waals surface area contributed by atoms with Crippen LogP contribution in [0.3, 0.4) is 0 Å². The summed E-state index contributed by atoms with van der Waals surface area (Å²) >= 11 is 1.85. The summed E-state index contributed by atoms with van der Waals surface area (Å²) in [6.45, 7) is 0. The zero-order valence-corrected chi connectivity index (χ0v) is 30.6. The van der Waals surface area contributed by atoms with Crippen LogP contribution in [0.25, 0.3) is 103 Å². The Kier molecular flexibility index (Phi) is 7.26. The number of thiophene rings is 1. The number of para-hydroxylation sites is 1. The highest BCUT2D eigenvalue weighted by Crippen LogP contribution is 2.45. The molecule has 9 aromatic carbocycles. The quantitative estimate of drug-likeness (QED) is 0.158. The van der Waals surface area contributed by atoms with E-state index in [-0.39, 0.29) is 0 Å². The van der Waals surface area contributed by atoms with Crippen LogP contribution < -0.4 is 0 Å². The van der Waals surface area contributed by atoms with E-state index >= 15 is 0 Å². The molecule has 56 heavy (non-hydrogen) atoms. The largest absolute Gasteiger partial charge is 0.416 e. The van der Waals surface area contributed by atoms with Crippen molar-refractivity contribution in [1.29, 1.82) is 0 Å². The summed E-state index contributed by atoms with van der Waals surface area (Å²) in [5.41, 5.74) is 8.99. The van der Waals surface area contributed by atoms with Crippen LogP contribution in [0.15, 0.2) is 182 Å². The van der Waals surface area contributed by atoms with Crippen molar-refractivity contribution in [2.45, 2.75) is 6.18 Å². The number of halogens is 3. The summed E-state index contributed by atoms with van der Waals surface area (Å²) < 4.78 is 45.4. The fourth-order valence-corrected chi connectivity index (χ4v) is 9.98. The van der Waals surface area contributed by atoms with Gasteiger partial charge in [-0.15, -0.1) is 11.3 Å². The molecule has 11 aromatic rings. The maximum Gasteiger partial charge on any atom is 0.416 e. The van der Waals surface area contributed by atoms with E-state index in [1.54, 1.807) is 12.1 Å². The van der Waals surface area contributed by atoms with E-state index in [2.05, 4.69) is 138 Å². The normalized spacial score (nSPS) is 12.2. The Morgan fingerprint density at radius 2 is 0.893 bits per heavy atom. The lowest BCUT2D eigenvalue weighted by atomic mass is 9.86. The van der Waals surface area contributed by atoms with Crippen molar-refractivity contribution in [3.05, 3.63) is 188 Å². The lowest BCUT2D eigenvalue weighted by Gasteiger charge is -2.18. The van der Waals surface area contributed by atoms with Gasteiger partial charge in [0.2, 0.25) is 0 Å². The first-order valence-electron chi connectivity index (χ1n) is 18.6. The zero-order chi connectivity index (χ0) is 37.5. The number of alkyl halides is 3. The summed E-state index contributed by atoms with van der Waals surface area (Å²) in [6.07, 6.45) is -4.39. The number of hydrogen-bond acceptors (Lipinski definition) is 1. The van der Waals surface area contributed by atoms with Crippen LogP contribution in [0.2, 0.25) is 0 Å². The molecule has 0 unspecified atom stereocenters. The molecule has 5 heteroatoms. The van der Waals surface area contributed by atoms with Crippen LogP contribution in [0.5, 0.6) is 0 Å². The molecule has 0 radical (unpaired) electrons. The average Bonchev–Trinajstić information content (AvgIpc) is 3.78. The van der Waals surface area contributed by atoms with E-state index in [0.717, 1.165) is 60.5 Å². The van der Waals surface area contributed by atoms with Gasteiger partial charge in [-0.2, -0.15) is 13.2 Å². The standard InChI is InChI=1S/C51H30F3NS/c52-51(53,54)34-25-20-31(21-26-34)48-39-12-1-3-14-41(39)49(42-15-4-2-13-40(42)48)32-22-27-35(28-23-32)55-45-18-7-5-10-37(45)44-30-33(24-29-46(44)55)36-16-9-17-43-38-11-6-8-19-47(38)56-50(36)43/h1-30H. The number of hydrogen-bond donors (Lipinski definition) is 0. The third-order valence-corrected chi connectivity index (χ3v) is 12.5. The fourth-order valence-electron chi connectivity index (χ4n) is 8.75. The Hall–Kier alpha value is -6.69. The van der Waals surface area contributed by atoms with Gasteiger partial charge in [0.1, 0.15) is 0 Å². The van der Waals surface area contributed by atoms with Crippen molar-refractivity contribution < 1.29 is 13.2 Å². The number of aromatic nitrogens is 1. The molecule has 0 amide bonds. The van der Waals surface area contributed by atoms with E-state index < -0.39 is 11.7 Å². The molecule has 0 aliphatic carbocycles. The molecular formula is C51H30F3NS. The second-order valence-electron chi connectivity index (χ2n) is 14.3. The Morgan fingerprint density at radius 1 is 0.393 bits per heavy atom. The molecule has 0 aliphatic heterocycles. The van der Waals surface area contributed by atoms with Crippen LogP contribution >= 0.6 is 11.3 Å². The van der Waals surface area contributed by atoms with Crippen molar-refractivity contribution in [2.75, 3.05) is 0 Å². The van der Waals surface area contributed by atoms with Gasteiger partial charge in [-0.3, -0.25) is 0 Å². The van der Waals surface area contributed by atoms with E-state index in [9.17, 15) is 13.2 Å².